The Morgan fingerprint density at radius 3 is 2.77 bits per heavy atom. The van der Waals surface area contributed by atoms with E-state index in [0.717, 1.165) is 15.6 Å². The molecule has 3 aromatic rings. The number of thiazole rings is 1. The minimum atomic E-state index is -0.594. The van der Waals surface area contributed by atoms with Crippen molar-refractivity contribution in [2.24, 2.45) is 0 Å². The molecule has 154 valence electrons. The summed E-state index contributed by atoms with van der Waals surface area (Å²) in [6.07, 6.45) is 0. The van der Waals surface area contributed by atoms with Crippen molar-refractivity contribution in [1.82, 2.24) is 4.98 Å². The molecule has 0 aliphatic carbocycles. The van der Waals surface area contributed by atoms with Crippen LogP contribution in [0.1, 0.15) is 38.5 Å². The molecule has 0 atom stereocenters. The van der Waals surface area contributed by atoms with Crippen LogP contribution in [0.15, 0.2) is 38.4 Å². The number of nitriles is 1. The monoisotopic (exact) mass is 441 g/mol. The van der Waals surface area contributed by atoms with Gasteiger partial charge in [-0.3, -0.25) is 10.1 Å². The van der Waals surface area contributed by atoms with Gasteiger partial charge in [0, 0.05) is 22.4 Å². The highest BCUT2D eigenvalue weighted by Gasteiger charge is 2.19. The van der Waals surface area contributed by atoms with Crippen LogP contribution in [0.25, 0.3) is 0 Å². The number of ether oxygens (including phenoxy) is 1. The van der Waals surface area contributed by atoms with Gasteiger partial charge in [-0.2, -0.15) is 5.26 Å². The van der Waals surface area contributed by atoms with E-state index < -0.39 is 18.5 Å². The number of furan rings is 1. The number of benzene rings is 1. The zero-order valence-corrected chi connectivity index (χ0v) is 18.3. The molecule has 0 saturated carbocycles. The normalized spacial score (nSPS) is 10.5. The molecule has 1 N–H and O–H groups in total. The molecule has 7 nitrogen and oxygen atoms in total. The summed E-state index contributed by atoms with van der Waals surface area (Å²) in [6, 6.07) is 9.09. The van der Waals surface area contributed by atoms with Crippen molar-refractivity contribution in [3.05, 3.63) is 63.4 Å². The lowest BCUT2D eigenvalue weighted by Gasteiger charge is -2.09. The van der Waals surface area contributed by atoms with Crippen molar-refractivity contribution in [2.45, 2.75) is 30.9 Å². The smallest absolute Gasteiger partial charge is 0.338 e. The maximum Gasteiger partial charge on any atom is 0.338 e. The zero-order chi connectivity index (χ0) is 21.7. The second-order valence-corrected chi connectivity index (χ2v) is 8.50. The van der Waals surface area contributed by atoms with Gasteiger partial charge in [-0.1, -0.05) is 30.0 Å². The molecule has 0 aliphatic rings. The fourth-order valence-electron chi connectivity index (χ4n) is 2.60. The van der Waals surface area contributed by atoms with E-state index in [4.69, 9.17) is 9.15 Å². The van der Waals surface area contributed by atoms with Gasteiger partial charge < -0.3 is 9.15 Å². The van der Waals surface area contributed by atoms with E-state index in [1.807, 2.05) is 30.5 Å². The van der Waals surface area contributed by atoms with E-state index in [1.54, 1.807) is 37.3 Å². The summed E-state index contributed by atoms with van der Waals surface area (Å²) in [6.45, 7) is 4.88. The summed E-state index contributed by atoms with van der Waals surface area (Å²) >= 11 is 3.09. The Kier molecular flexibility index (Phi) is 6.92. The van der Waals surface area contributed by atoms with Gasteiger partial charge in [-0.25, -0.2) is 9.78 Å². The van der Waals surface area contributed by atoms with Crippen molar-refractivity contribution in [3.8, 4) is 6.07 Å². The molecule has 2 aromatic heterocycles. The molecular formula is C21H19N3O4S2. The maximum atomic E-state index is 12.5. The van der Waals surface area contributed by atoms with Crippen LogP contribution in [0.3, 0.4) is 0 Å². The molecule has 30 heavy (non-hydrogen) atoms. The minimum Gasteiger partial charge on any atom is -0.452 e. The Bertz CT molecular complexity index is 1130. The van der Waals surface area contributed by atoms with Crippen LogP contribution < -0.4 is 5.32 Å². The minimum absolute atomic E-state index is 0.0593. The standard InChI is InChI=1S/C21H19N3O4S2/c1-12-10-29-21(23-12)30-11-15-6-4-5-7-16(15)20(26)27-9-18(25)24-19-17(8-22)13(2)14(3)28-19/h4-7,10H,9,11H2,1-3H3,(H,24,25). The van der Waals surface area contributed by atoms with Crippen molar-refractivity contribution in [1.29, 1.82) is 5.26 Å². The van der Waals surface area contributed by atoms with Crippen LogP contribution in [0.2, 0.25) is 0 Å². The largest absolute Gasteiger partial charge is 0.452 e. The number of aromatic nitrogens is 1. The van der Waals surface area contributed by atoms with Gasteiger partial charge in [0.25, 0.3) is 5.91 Å². The number of carbonyl (C=O) groups is 2. The van der Waals surface area contributed by atoms with Crippen LogP contribution in [-0.4, -0.2) is 23.5 Å². The molecule has 0 radical (unpaired) electrons. The number of nitrogens with one attached hydrogen (secondary N) is 1. The number of hydrogen-bond donors (Lipinski definition) is 1. The van der Waals surface area contributed by atoms with Crippen molar-refractivity contribution in [3.63, 3.8) is 0 Å². The first-order valence-electron chi connectivity index (χ1n) is 8.99. The third kappa shape index (κ3) is 5.09. The third-order valence-corrected chi connectivity index (χ3v) is 6.46. The van der Waals surface area contributed by atoms with Gasteiger partial charge in [0.2, 0.25) is 5.88 Å². The summed E-state index contributed by atoms with van der Waals surface area (Å²) in [4.78, 5) is 29.1. The SMILES string of the molecule is Cc1csc(SCc2ccccc2C(=O)OCC(=O)Nc2oc(C)c(C)c2C#N)n1. The lowest BCUT2D eigenvalue weighted by atomic mass is 10.1. The molecule has 1 amide bonds. The second-order valence-electron chi connectivity index (χ2n) is 6.42. The quantitative estimate of drug-likeness (QED) is 0.421. The zero-order valence-electron chi connectivity index (χ0n) is 16.6. The first kappa shape index (κ1) is 21.6. The Labute approximate surface area is 182 Å². The van der Waals surface area contributed by atoms with E-state index in [9.17, 15) is 14.9 Å². The van der Waals surface area contributed by atoms with E-state index in [1.165, 1.54) is 11.8 Å². The first-order chi connectivity index (χ1) is 14.4. The van der Waals surface area contributed by atoms with Gasteiger partial charge in [-0.15, -0.1) is 11.3 Å². The molecule has 9 heteroatoms. The van der Waals surface area contributed by atoms with Crippen LogP contribution >= 0.6 is 23.1 Å². The number of esters is 1. The molecule has 0 saturated heterocycles. The van der Waals surface area contributed by atoms with Crippen molar-refractivity contribution in [2.75, 3.05) is 11.9 Å². The number of aryl methyl sites for hydroxylation is 2. The maximum absolute atomic E-state index is 12.5. The Hall–Kier alpha value is -3.09. The number of rotatable bonds is 7. The molecule has 1 aromatic carbocycles. The first-order valence-corrected chi connectivity index (χ1v) is 10.9. The Morgan fingerprint density at radius 1 is 1.30 bits per heavy atom. The number of amides is 1. The molecule has 0 unspecified atom stereocenters. The van der Waals surface area contributed by atoms with E-state index >= 15 is 0 Å². The van der Waals surface area contributed by atoms with Gasteiger partial charge >= 0.3 is 5.97 Å². The van der Waals surface area contributed by atoms with Gasteiger partial charge in [0.05, 0.1) is 5.56 Å². The summed E-state index contributed by atoms with van der Waals surface area (Å²) in [5.41, 5.74) is 3.07. The molecule has 0 spiro atoms. The highest BCUT2D eigenvalue weighted by molar-refractivity contribution is 8.00. The van der Waals surface area contributed by atoms with Crippen molar-refractivity contribution >= 4 is 40.9 Å². The molecular weight excluding hydrogens is 422 g/mol. The molecule has 2 heterocycles. The lowest BCUT2D eigenvalue weighted by Crippen LogP contribution is -2.21. The number of carbonyl (C=O) groups excluding carboxylic acids is 2. The van der Waals surface area contributed by atoms with Gasteiger partial charge in [-0.05, 0) is 32.4 Å². The second kappa shape index (κ2) is 9.61. The average molecular weight is 442 g/mol. The number of thioether (sulfide) groups is 1. The summed E-state index contributed by atoms with van der Waals surface area (Å²) < 4.78 is 11.5. The Balaban J connectivity index is 1.60. The summed E-state index contributed by atoms with van der Waals surface area (Å²) in [5.74, 6) is -0.0200. The number of hydrogen-bond acceptors (Lipinski definition) is 8. The summed E-state index contributed by atoms with van der Waals surface area (Å²) in [5, 5.41) is 13.7. The highest BCUT2D eigenvalue weighted by atomic mass is 32.2. The van der Waals surface area contributed by atoms with Gasteiger partial charge in [0.1, 0.15) is 21.7 Å². The van der Waals surface area contributed by atoms with Crippen LogP contribution in [0.5, 0.6) is 0 Å². The van der Waals surface area contributed by atoms with Crippen molar-refractivity contribution < 1.29 is 18.7 Å². The molecule has 0 aliphatic heterocycles. The van der Waals surface area contributed by atoms with E-state index in [0.29, 0.717) is 22.6 Å². The summed E-state index contributed by atoms with van der Waals surface area (Å²) in [7, 11) is 0. The van der Waals surface area contributed by atoms with Gasteiger partial charge in [0.15, 0.2) is 6.61 Å². The van der Waals surface area contributed by atoms with Crippen LogP contribution in [0, 0.1) is 32.1 Å². The third-order valence-electron chi connectivity index (χ3n) is 4.27. The molecule has 0 fully saturated rings. The fourth-order valence-corrected chi connectivity index (χ4v) is 4.46. The topological polar surface area (TPSA) is 105 Å². The van der Waals surface area contributed by atoms with E-state index in [-0.39, 0.29) is 11.4 Å². The predicted molar refractivity (Wildman–Crippen MR) is 115 cm³/mol. The highest BCUT2D eigenvalue weighted by Crippen LogP contribution is 2.28. The lowest BCUT2D eigenvalue weighted by molar-refractivity contribution is -0.119. The molecule has 0 bridgehead atoms. The Morgan fingerprint density at radius 2 is 2.07 bits per heavy atom. The average Bonchev–Trinajstić information content (AvgIpc) is 3.27. The fraction of sp³-hybridized carbons (Fsp3) is 0.238. The number of nitrogens with zero attached hydrogens (tertiary/aromatic N) is 2. The predicted octanol–water partition coefficient (Wildman–Crippen LogP) is 4.62. The van der Waals surface area contributed by atoms with Crippen LogP contribution in [0.4, 0.5) is 5.88 Å². The number of anilines is 1. The van der Waals surface area contributed by atoms with E-state index in [2.05, 4.69) is 10.3 Å². The van der Waals surface area contributed by atoms with Crippen LogP contribution in [-0.2, 0) is 15.3 Å². The molecule has 3 rings (SSSR count).